The van der Waals surface area contributed by atoms with Gasteiger partial charge in [0.05, 0.1) is 10.2 Å². The largest absolute Gasteiger partial charge is 0.480 e. The van der Waals surface area contributed by atoms with E-state index in [0.717, 1.165) is 0 Å². The Morgan fingerprint density at radius 1 is 1.53 bits per heavy atom. The molecule has 0 aliphatic rings. The fourth-order valence-electron chi connectivity index (χ4n) is 1.08. The van der Waals surface area contributed by atoms with Crippen LogP contribution < -0.4 is 0 Å². The number of hydrogen-bond acceptors (Lipinski definition) is 2. The molecule has 0 spiro atoms. The summed E-state index contributed by atoms with van der Waals surface area (Å²) in [4.78, 5) is 10.9. The number of carbonyl (C=O) groups is 1. The second-order valence-corrected chi connectivity index (χ2v) is 6.81. The van der Waals surface area contributed by atoms with Crippen molar-refractivity contribution < 1.29 is 18.5 Å². The van der Waals surface area contributed by atoms with Crippen molar-refractivity contribution >= 4 is 32.7 Å². The summed E-state index contributed by atoms with van der Waals surface area (Å²) in [5, 5.41) is 8.93. The summed E-state index contributed by atoms with van der Waals surface area (Å²) in [5.74, 6) is -1.59. The number of halogens is 2. The van der Waals surface area contributed by atoms with E-state index < -0.39 is 27.3 Å². The highest BCUT2D eigenvalue weighted by molar-refractivity contribution is 9.10. The Balaban J connectivity index is 2.97. The normalized spacial score (nSPS) is 13.4. The molecule has 0 fully saturated rings. The molecular formula is C11H12BrFO3S. The zero-order valence-electron chi connectivity index (χ0n) is 9.37. The highest BCUT2D eigenvalue weighted by Gasteiger charge is 2.34. The predicted molar refractivity (Wildman–Crippen MR) is 67.7 cm³/mol. The molecule has 0 heterocycles. The molecule has 0 saturated carbocycles. The number of carboxylic acid groups (broad SMARTS) is 1. The predicted octanol–water partition coefficient (Wildman–Crippen LogP) is 2.70. The van der Waals surface area contributed by atoms with Crippen LogP contribution in [0.3, 0.4) is 0 Å². The van der Waals surface area contributed by atoms with Crippen molar-refractivity contribution in [3.8, 4) is 0 Å². The molecule has 1 atom stereocenters. The van der Waals surface area contributed by atoms with Gasteiger partial charge in [-0.05, 0) is 41.4 Å². The fraction of sp³-hybridized carbons (Fsp3) is 0.364. The number of hydrogen-bond donors (Lipinski definition) is 1. The Kier molecular flexibility index (Phi) is 4.43. The van der Waals surface area contributed by atoms with Crippen LogP contribution in [-0.4, -0.2) is 20.0 Å². The quantitative estimate of drug-likeness (QED) is 0.927. The minimum absolute atomic E-state index is 0.00234. The summed E-state index contributed by atoms with van der Waals surface area (Å²) in [6.07, 6.45) is 0. The first-order valence-electron chi connectivity index (χ1n) is 4.81. The van der Waals surface area contributed by atoms with E-state index in [1.165, 1.54) is 26.0 Å². The summed E-state index contributed by atoms with van der Waals surface area (Å²) in [6, 6.07) is 4.39. The Hall–Kier alpha value is -0.750. The van der Waals surface area contributed by atoms with Crippen LogP contribution in [0.1, 0.15) is 19.4 Å². The Labute approximate surface area is 110 Å². The van der Waals surface area contributed by atoms with Crippen LogP contribution in [0.2, 0.25) is 0 Å². The molecule has 0 saturated heterocycles. The van der Waals surface area contributed by atoms with Crippen molar-refractivity contribution in [2.75, 3.05) is 0 Å². The number of benzene rings is 1. The van der Waals surface area contributed by atoms with Crippen LogP contribution in [0.15, 0.2) is 22.7 Å². The molecule has 1 N–H and O–H groups in total. The van der Waals surface area contributed by atoms with E-state index in [0.29, 0.717) is 5.56 Å². The lowest BCUT2D eigenvalue weighted by Crippen LogP contribution is -2.37. The minimum atomic E-state index is -1.63. The lowest BCUT2D eigenvalue weighted by Gasteiger charge is -2.18. The van der Waals surface area contributed by atoms with E-state index in [1.54, 1.807) is 6.07 Å². The SMILES string of the molecule is CC(C)(C(=O)O)S(=O)Cc1cccc(F)c1Br. The zero-order valence-corrected chi connectivity index (χ0v) is 11.8. The summed E-state index contributed by atoms with van der Waals surface area (Å²) in [5.41, 5.74) is 0.498. The van der Waals surface area contributed by atoms with Gasteiger partial charge in [-0.2, -0.15) is 0 Å². The van der Waals surface area contributed by atoms with E-state index in [-0.39, 0.29) is 10.2 Å². The number of rotatable bonds is 4. The summed E-state index contributed by atoms with van der Waals surface area (Å²) in [6.45, 7) is 2.78. The Bertz CT molecular complexity index is 474. The average Bonchev–Trinajstić information content (AvgIpc) is 2.24. The molecule has 1 rings (SSSR count). The first-order chi connectivity index (χ1) is 7.76. The highest BCUT2D eigenvalue weighted by Crippen LogP contribution is 2.25. The first-order valence-corrected chi connectivity index (χ1v) is 6.92. The third-order valence-electron chi connectivity index (χ3n) is 2.40. The maximum atomic E-state index is 13.2. The molecule has 6 heteroatoms. The molecule has 0 amide bonds. The second-order valence-electron chi connectivity index (χ2n) is 4.02. The van der Waals surface area contributed by atoms with E-state index in [1.807, 2.05) is 0 Å². The number of carboxylic acids is 1. The van der Waals surface area contributed by atoms with Crippen molar-refractivity contribution in [1.29, 1.82) is 0 Å². The molecule has 1 aromatic rings. The van der Waals surface area contributed by atoms with E-state index >= 15 is 0 Å². The van der Waals surface area contributed by atoms with E-state index in [2.05, 4.69) is 15.9 Å². The van der Waals surface area contributed by atoms with Gasteiger partial charge in [-0.15, -0.1) is 0 Å². The summed E-state index contributed by atoms with van der Waals surface area (Å²) >= 11 is 3.06. The lowest BCUT2D eigenvalue weighted by molar-refractivity contribution is -0.139. The van der Waals surface area contributed by atoms with Gasteiger partial charge in [-0.1, -0.05) is 12.1 Å². The fourth-order valence-corrected chi connectivity index (χ4v) is 2.75. The minimum Gasteiger partial charge on any atom is -0.480 e. The third kappa shape index (κ3) is 3.13. The van der Waals surface area contributed by atoms with Crippen LogP contribution in [0, 0.1) is 5.82 Å². The molecule has 3 nitrogen and oxygen atoms in total. The molecule has 0 radical (unpaired) electrons. The van der Waals surface area contributed by atoms with Crippen LogP contribution in [0.4, 0.5) is 4.39 Å². The van der Waals surface area contributed by atoms with Crippen molar-refractivity contribution in [3.63, 3.8) is 0 Å². The van der Waals surface area contributed by atoms with Gasteiger partial charge in [0, 0.05) is 10.8 Å². The van der Waals surface area contributed by atoms with Crippen molar-refractivity contribution in [2.24, 2.45) is 0 Å². The Morgan fingerprint density at radius 2 is 2.12 bits per heavy atom. The highest BCUT2D eigenvalue weighted by atomic mass is 79.9. The molecule has 0 bridgehead atoms. The van der Waals surface area contributed by atoms with Gasteiger partial charge in [0.2, 0.25) is 0 Å². The molecule has 0 aromatic heterocycles. The number of aliphatic carboxylic acids is 1. The van der Waals surface area contributed by atoms with Crippen LogP contribution in [0.5, 0.6) is 0 Å². The maximum Gasteiger partial charge on any atom is 0.321 e. The first kappa shape index (κ1) is 14.3. The molecule has 1 unspecified atom stereocenters. The van der Waals surface area contributed by atoms with Crippen LogP contribution in [0.25, 0.3) is 0 Å². The van der Waals surface area contributed by atoms with E-state index in [4.69, 9.17) is 5.11 Å². The second kappa shape index (κ2) is 5.27. The maximum absolute atomic E-state index is 13.2. The van der Waals surface area contributed by atoms with Gasteiger partial charge in [0.15, 0.2) is 0 Å². The standard InChI is InChI=1S/C11H12BrFO3S/c1-11(2,10(14)15)17(16)6-7-4-3-5-8(13)9(7)12/h3-5H,6H2,1-2H3,(H,14,15). The van der Waals surface area contributed by atoms with Crippen molar-refractivity contribution in [1.82, 2.24) is 0 Å². The molecule has 0 aliphatic carbocycles. The third-order valence-corrected chi connectivity index (χ3v) is 5.18. The van der Waals surface area contributed by atoms with Gasteiger partial charge in [0.1, 0.15) is 10.6 Å². The van der Waals surface area contributed by atoms with Gasteiger partial charge in [0.25, 0.3) is 0 Å². The van der Waals surface area contributed by atoms with E-state index in [9.17, 15) is 13.4 Å². The molecule has 94 valence electrons. The lowest BCUT2D eigenvalue weighted by atomic mass is 10.2. The molecular weight excluding hydrogens is 311 g/mol. The molecule has 0 aliphatic heterocycles. The zero-order chi connectivity index (χ0) is 13.2. The summed E-state index contributed by atoms with van der Waals surface area (Å²) < 4.78 is 24.0. The van der Waals surface area contributed by atoms with Crippen LogP contribution >= 0.6 is 15.9 Å². The van der Waals surface area contributed by atoms with Gasteiger partial charge >= 0.3 is 5.97 Å². The van der Waals surface area contributed by atoms with Crippen molar-refractivity contribution in [2.45, 2.75) is 24.3 Å². The van der Waals surface area contributed by atoms with Gasteiger partial charge in [-0.25, -0.2) is 4.39 Å². The smallest absolute Gasteiger partial charge is 0.321 e. The van der Waals surface area contributed by atoms with Crippen LogP contribution in [-0.2, 0) is 21.3 Å². The summed E-state index contributed by atoms with van der Waals surface area (Å²) in [7, 11) is -1.63. The van der Waals surface area contributed by atoms with Gasteiger partial charge in [-0.3, -0.25) is 9.00 Å². The Morgan fingerprint density at radius 3 is 2.65 bits per heavy atom. The molecule has 1 aromatic carbocycles. The average molecular weight is 323 g/mol. The molecule has 17 heavy (non-hydrogen) atoms. The van der Waals surface area contributed by atoms with Gasteiger partial charge < -0.3 is 5.11 Å². The topological polar surface area (TPSA) is 54.4 Å². The monoisotopic (exact) mass is 322 g/mol. The van der Waals surface area contributed by atoms with Crippen molar-refractivity contribution in [3.05, 3.63) is 34.1 Å².